The number of fused-ring (bicyclic) bond motifs is 1. The Bertz CT molecular complexity index is 958. The van der Waals surface area contributed by atoms with Crippen molar-refractivity contribution in [3.63, 3.8) is 0 Å². The van der Waals surface area contributed by atoms with Gasteiger partial charge >= 0.3 is 0 Å². The lowest BCUT2D eigenvalue weighted by Crippen LogP contribution is -2.30. The Morgan fingerprint density at radius 3 is 2.85 bits per heavy atom. The quantitative estimate of drug-likeness (QED) is 0.762. The van der Waals surface area contributed by atoms with Gasteiger partial charge in [-0.2, -0.15) is 0 Å². The lowest BCUT2D eigenvalue weighted by atomic mass is 10.0. The highest BCUT2D eigenvalue weighted by atomic mass is 19.1. The number of likely N-dealkylation sites (N-methyl/N-ethyl adjacent to an activating group) is 1. The highest BCUT2D eigenvalue weighted by Crippen LogP contribution is 2.26. The minimum atomic E-state index is -0.225. The molecule has 1 aliphatic heterocycles. The van der Waals surface area contributed by atoms with E-state index in [1.54, 1.807) is 12.3 Å². The Hall–Kier alpha value is -2.40. The van der Waals surface area contributed by atoms with Crippen LogP contribution < -0.4 is 5.56 Å². The van der Waals surface area contributed by atoms with Crippen LogP contribution in [0, 0.1) is 5.82 Å². The van der Waals surface area contributed by atoms with E-state index in [1.807, 2.05) is 12.1 Å². The topological polar surface area (TPSA) is 41.0 Å². The van der Waals surface area contributed by atoms with Crippen LogP contribution in [0.5, 0.6) is 0 Å². The van der Waals surface area contributed by atoms with Gasteiger partial charge in [-0.3, -0.25) is 4.79 Å². The SMILES string of the molecule is CCN1CCCC1Cc1cn(Cc2ccc(F)cc2)c2c[nH]c(=O)cc12. The second-order valence-electron chi connectivity index (χ2n) is 7.13. The maximum atomic E-state index is 13.2. The third kappa shape index (κ3) is 3.31. The molecule has 0 amide bonds. The van der Waals surface area contributed by atoms with E-state index in [0.717, 1.165) is 36.0 Å². The number of benzene rings is 1. The van der Waals surface area contributed by atoms with E-state index >= 15 is 0 Å². The first-order valence-electron chi connectivity index (χ1n) is 9.33. The van der Waals surface area contributed by atoms with Gasteiger partial charge in [-0.1, -0.05) is 19.1 Å². The van der Waals surface area contributed by atoms with Crippen LogP contribution in [0.4, 0.5) is 4.39 Å². The largest absolute Gasteiger partial charge is 0.342 e. The fourth-order valence-electron chi connectivity index (χ4n) is 4.16. The zero-order chi connectivity index (χ0) is 18.1. The number of aromatic amines is 1. The predicted octanol–water partition coefficient (Wildman–Crippen LogP) is 3.54. The summed E-state index contributed by atoms with van der Waals surface area (Å²) in [6.45, 7) is 5.10. The van der Waals surface area contributed by atoms with E-state index in [4.69, 9.17) is 0 Å². The molecule has 136 valence electrons. The van der Waals surface area contributed by atoms with Gasteiger partial charge < -0.3 is 14.5 Å². The van der Waals surface area contributed by atoms with Gasteiger partial charge in [-0.15, -0.1) is 0 Å². The minimum Gasteiger partial charge on any atom is -0.342 e. The van der Waals surface area contributed by atoms with Crippen LogP contribution in [0.3, 0.4) is 0 Å². The Morgan fingerprint density at radius 2 is 2.08 bits per heavy atom. The molecular weight excluding hydrogens is 329 g/mol. The molecule has 4 nitrogen and oxygen atoms in total. The van der Waals surface area contributed by atoms with Crippen molar-refractivity contribution in [3.8, 4) is 0 Å². The molecule has 0 bridgehead atoms. The second-order valence-corrected chi connectivity index (χ2v) is 7.13. The predicted molar refractivity (Wildman–Crippen MR) is 102 cm³/mol. The lowest BCUT2D eigenvalue weighted by Gasteiger charge is -2.22. The Kier molecular flexibility index (Phi) is 4.64. The summed E-state index contributed by atoms with van der Waals surface area (Å²) in [7, 11) is 0. The number of rotatable bonds is 5. The highest BCUT2D eigenvalue weighted by molar-refractivity contribution is 5.83. The first kappa shape index (κ1) is 17.0. The summed E-state index contributed by atoms with van der Waals surface area (Å²) in [5.74, 6) is -0.225. The summed E-state index contributed by atoms with van der Waals surface area (Å²) in [5.41, 5.74) is 3.21. The van der Waals surface area contributed by atoms with Crippen molar-refractivity contribution in [2.45, 2.75) is 38.8 Å². The Labute approximate surface area is 152 Å². The van der Waals surface area contributed by atoms with E-state index in [1.165, 1.54) is 30.5 Å². The van der Waals surface area contributed by atoms with Crippen molar-refractivity contribution in [3.05, 3.63) is 70.0 Å². The van der Waals surface area contributed by atoms with Crippen LogP contribution in [-0.4, -0.2) is 33.6 Å². The summed E-state index contributed by atoms with van der Waals surface area (Å²) < 4.78 is 15.3. The molecule has 26 heavy (non-hydrogen) atoms. The number of hydrogen-bond acceptors (Lipinski definition) is 2. The van der Waals surface area contributed by atoms with Gasteiger partial charge in [0.2, 0.25) is 5.56 Å². The maximum absolute atomic E-state index is 13.2. The summed E-state index contributed by atoms with van der Waals surface area (Å²) >= 11 is 0. The second kappa shape index (κ2) is 7.08. The minimum absolute atomic E-state index is 0.0722. The third-order valence-electron chi connectivity index (χ3n) is 5.50. The standard InChI is InChI=1S/C21H24FN3O/c1-2-24-9-3-4-18(24)10-16-14-25(13-15-5-7-17(22)8-6-15)20-12-23-21(26)11-19(16)20/h5-8,11-12,14,18H,2-4,9-10,13H2,1H3,(H,23,26). The zero-order valence-corrected chi connectivity index (χ0v) is 15.0. The summed E-state index contributed by atoms with van der Waals surface area (Å²) in [5, 5.41) is 1.03. The fraction of sp³-hybridized carbons (Fsp3) is 0.381. The monoisotopic (exact) mass is 353 g/mol. The normalized spacial score (nSPS) is 18.0. The smallest absolute Gasteiger partial charge is 0.248 e. The van der Waals surface area contributed by atoms with Crippen molar-refractivity contribution in [2.24, 2.45) is 0 Å². The first-order valence-corrected chi connectivity index (χ1v) is 9.33. The molecule has 1 N–H and O–H groups in total. The molecule has 0 spiro atoms. The molecule has 0 saturated carbocycles. The average Bonchev–Trinajstić information content (AvgIpc) is 3.22. The lowest BCUT2D eigenvalue weighted by molar-refractivity contribution is 0.266. The van der Waals surface area contributed by atoms with E-state index in [0.29, 0.717) is 12.6 Å². The van der Waals surface area contributed by atoms with Crippen LogP contribution in [0.15, 0.2) is 47.5 Å². The van der Waals surface area contributed by atoms with E-state index in [2.05, 4.69) is 27.6 Å². The molecule has 1 unspecified atom stereocenters. The molecule has 1 aromatic carbocycles. The van der Waals surface area contributed by atoms with Crippen LogP contribution in [-0.2, 0) is 13.0 Å². The third-order valence-corrected chi connectivity index (χ3v) is 5.50. The number of halogens is 1. The van der Waals surface area contributed by atoms with E-state index in [-0.39, 0.29) is 11.4 Å². The molecule has 3 heterocycles. The molecule has 1 saturated heterocycles. The van der Waals surface area contributed by atoms with Gasteiger partial charge in [-0.25, -0.2) is 4.39 Å². The van der Waals surface area contributed by atoms with Crippen molar-refractivity contribution in [2.75, 3.05) is 13.1 Å². The van der Waals surface area contributed by atoms with Gasteiger partial charge in [0.05, 0.1) is 5.52 Å². The van der Waals surface area contributed by atoms with Gasteiger partial charge in [0.25, 0.3) is 0 Å². The van der Waals surface area contributed by atoms with Gasteiger partial charge in [-0.05, 0) is 55.6 Å². The van der Waals surface area contributed by atoms with Crippen LogP contribution in [0.2, 0.25) is 0 Å². The molecular formula is C21H24FN3O. The summed E-state index contributed by atoms with van der Waals surface area (Å²) in [4.78, 5) is 17.2. The Morgan fingerprint density at radius 1 is 1.27 bits per heavy atom. The number of H-pyrrole nitrogens is 1. The number of nitrogens with zero attached hydrogens (tertiary/aromatic N) is 2. The first-order chi connectivity index (χ1) is 12.6. The molecule has 1 fully saturated rings. The number of aromatic nitrogens is 2. The molecule has 1 atom stereocenters. The molecule has 2 aromatic heterocycles. The van der Waals surface area contributed by atoms with Crippen molar-refractivity contribution in [1.29, 1.82) is 0 Å². The molecule has 4 rings (SSSR count). The number of hydrogen-bond donors (Lipinski definition) is 1. The van der Waals surface area contributed by atoms with E-state index in [9.17, 15) is 9.18 Å². The molecule has 1 aliphatic rings. The van der Waals surface area contributed by atoms with Crippen molar-refractivity contribution in [1.82, 2.24) is 14.5 Å². The highest BCUT2D eigenvalue weighted by Gasteiger charge is 2.24. The summed E-state index contributed by atoms with van der Waals surface area (Å²) in [6.07, 6.45) is 7.36. The van der Waals surface area contributed by atoms with Crippen LogP contribution in [0.1, 0.15) is 30.9 Å². The van der Waals surface area contributed by atoms with Crippen LogP contribution in [0.25, 0.3) is 10.9 Å². The number of pyridine rings is 1. The number of likely N-dealkylation sites (tertiary alicyclic amines) is 1. The maximum Gasteiger partial charge on any atom is 0.248 e. The van der Waals surface area contributed by atoms with Crippen molar-refractivity contribution < 1.29 is 4.39 Å². The molecule has 0 radical (unpaired) electrons. The van der Waals surface area contributed by atoms with Gasteiger partial charge in [0, 0.05) is 36.4 Å². The van der Waals surface area contributed by atoms with Gasteiger partial charge in [0.15, 0.2) is 0 Å². The zero-order valence-electron chi connectivity index (χ0n) is 15.0. The fourth-order valence-corrected chi connectivity index (χ4v) is 4.16. The number of nitrogens with one attached hydrogen (secondary N) is 1. The molecule has 3 aromatic rings. The van der Waals surface area contributed by atoms with Crippen molar-refractivity contribution >= 4 is 10.9 Å². The Balaban J connectivity index is 1.70. The van der Waals surface area contributed by atoms with Gasteiger partial charge in [0.1, 0.15) is 5.82 Å². The summed E-state index contributed by atoms with van der Waals surface area (Å²) in [6, 6.07) is 8.84. The molecule has 5 heteroatoms. The van der Waals surface area contributed by atoms with Crippen LogP contribution >= 0.6 is 0 Å². The van der Waals surface area contributed by atoms with E-state index < -0.39 is 0 Å². The molecule has 0 aliphatic carbocycles. The average molecular weight is 353 g/mol.